The summed E-state index contributed by atoms with van der Waals surface area (Å²) in [6.07, 6.45) is 4.06. The zero-order valence-electron chi connectivity index (χ0n) is 12.0. The number of urea groups is 1. The Morgan fingerprint density at radius 3 is 2.70 bits per heavy atom. The summed E-state index contributed by atoms with van der Waals surface area (Å²) in [5.74, 6) is 0.544. The molecule has 1 aliphatic carbocycles. The zero-order valence-corrected chi connectivity index (χ0v) is 12.0. The molecule has 20 heavy (non-hydrogen) atoms. The van der Waals surface area contributed by atoms with E-state index >= 15 is 0 Å². The minimum absolute atomic E-state index is 0.0530. The van der Waals surface area contributed by atoms with Crippen LogP contribution in [0.2, 0.25) is 0 Å². The highest BCUT2D eigenvalue weighted by molar-refractivity contribution is 5.74. The molecule has 3 atom stereocenters. The second-order valence-corrected chi connectivity index (χ2v) is 5.70. The van der Waals surface area contributed by atoms with Gasteiger partial charge in [0.15, 0.2) is 0 Å². The molecule has 2 rings (SSSR count). The van der Waals surface area contributed by atoms with E-state index in [1.807, 2.05) is 30.3 Å². The van der Waals surface area contributed by atoms with Gasteiger partial charge in [0, 0.05) is 6.04 Å². The van der Waals surface area contributed by atoms with Crippen LogP contribution in [-0.4, -0.2) is 29.8 Å². The first-order valence-corrected chi connectivity index (χ1v) is 7.41. The maximum Gasteiger partial charge on any atom is 0.315 e. The topological polar surface area (TPSA) is 61.4 Å². The minimum atomic E-state index is -0.242. The molecule has 1 aromatic rings. The molecule has 1 saturated carbocycles. The summed E-state index contributed by atoms with van der Waals surface area (Å²) in [4.78, 5) is 12.0. The van der Waals surface area contributed by atoms with Crippen molar-refractivity contribution < 1.29 is 9.90 Å². The average molecular weight is 276 g/mol. The molecule has 2 amide bonds. The van der Waals surface area contributed by atoms with Gasteiger partial charge in [-0.1, -0.05) is 43.7 Å². The van der Waals surface area contributed by atoms with Crippen LogP contribution in [0.3, 0.4) is 0 Å². The van der Waals surface area contributed by atoms with Crippen molar-refractivity contribution in [2.75, 3.05) is 6.61 Å². The Morgan fingerprint density at radius 2 is 2.10 bits per heavy atom. The lowest BCUT2D eigenvalue weighted by Gasteiger charge is -2.21. The van der Waals surface area contributed by atoms with Crippen LogP contribution in [0.1, 0.15) is 31.7 Å². The van der Waals surface area contributed by atoms with Crippen molar-refractivity contribution in [2.45, 2.75) is 44.7 Å². The molecule has 0 aromatic heterocycles. The standard InChI is InChI=1S/C16H24N2O2/c1-12-6-5-9-15(12)18-16(20)17-14(11-19)10-13-7-3-2-4-8-13/h2-4,7-8,12,14-15,19H,5-6,9-11H2,1H3,(H2,17,18,20)/t12-,14+,15-/m1/s1. The number of hydrogen-bond donors (Lipinski definition) is 3. The quantitative estimate of drug-likeness (QED) is 0.771. The highest BCUT2D eigenvalue weighted by Gasteiger charge is 2.25. The molecular formula is C16H24N2O2. The number of amides is 2. The van der Waals surface area contributed by atoms with Crippen molar-refractivity contribution in [3.8, 4) is 0 Å². The molecule has 0 bridgehead atoms. The molecule has 0 spiro atoms. The van der Waals surface area contributed by atoms with E-state index in [0.717, 1.165) is 12.0 Å². The molecule has 0 heterocycles. The Bertz CT molecular complexity index is 422. The Hall–Kier alpha value is -1.55. The molecule has 4 heteroatoms. The van der Waals surface area contributed by atoms with E-state index < -0.39 is 0 Å². The average Bonchev–Trinajstić information content (AvgIpc) is 2.84. The van der Waals surface area contributed by atoms with Crippen LogP contribution in [0.15, 0.2) is 30.3 Å². The summed E-state index contributed by atoms with van der Waals surface area (Å²) in [6, 6.07) is 9.74. The molecule has 0 aliphatic heterocycles. The molecule has 4 nitrogen and oxygen atoms in total. The maximum atomic E-state index is 12.0. The Kier molecular flexibility index (Phi) is 5.41. The minimum Gasteiger partial charge on any atom is -0.394 e. The van der Waals surface area contributed by atoms with Crippen molar-refractivity contribution >= 4 is 6.03 Å². The third-order valence-corrected chi connectivity index (χ3v) is 4.06. The van der Waals surface area contributed by atoms with Crippen LogP contribution in [0, 0.1) is 5.92 Å². The fourth-order valence-electron chi connectivity index (χ4n) is 2.82. The number of aliphatic hydroxyl groups is 1. The maximum absolute atomic E-state index is 12.0. The molecule has 1 fully saturated rings. The van der Waals surface area contributed by atoms with Gasteiger partial charge in [0.05, 0.1) is 12.6 Å². The SMILES string of the molecule is C[C@@H]1CCC[C@H]1NC(=O)N[C@H](CO)Cc1ccccc1. The molecule has 3 N–H and O–H groups in total. The lowest BCUT2D eigenvalue weighted by Crippen LogP contribution is -2.48. The fourth-order valence-corrected chi connectivity index (χ4v) is 2.82. The summed E-state index contributed by atoms with van der Waals surface area (Å²) >= 11 is 0. The van der Waals surface area contributed by atoms with Crippen LogP contribution in [0.4, 0.5) is 4.79 Å². The van der Waals surface area contributed by atoms with Gasteiger partial charge in [-0.3, -0.25) is 0 Å². The highest BCUT2D eigenvalue weighted by atomic mass is 16.3. The molecule has 110 valence electrons. The highest BCUT2D eigenvalue weighted by Crippen LogP contribution is 2.24. The third-order valence-electron chi connectivity index (χ3n) is 4.06. The number of carbonyl (C=O) groups is 1. The van der Waals surface area contributed by atoms with Gasteiger partial charge < -0.3 is 15.7 Å². The summed E-state index contributed by atoms with van der Waals surface area (Å²) < 4.78 is 0. The normalized spacial score (nSPS) is 23.3. The second kappa shape index (κ2) is 7.29. The predicted molar refractivity (Wildman–Crippen MR) is 79.5 cm³/mol. The molecule has 0 unspecified atom stereocenters. The number of hydrogen-bond acceptors (Lipinski definition) is 2. The fraction of sp³-hybridized carbons (Fsp3) is 0.562. The summed E-state index contributed by atoms with van der Waals surface area (Å²) in [7, 11) is 0. The van der Waals surface area contributed by atoms with Crippen molar-refractivity contribution in [3.63, 3.8) is 0 Å². The zero-order chi connectivity index (χ0) is 14.4. The van der Waals surface area contributed by atoms with E-state index in [-0.39, 0.29) is 24.7 Å². The van der Waals surface area contributed by atoms with Gasteiger partial charge in [-0.05, 0) is 30.7 Å². The molecule has 0 radical (unpaired) electrons. The van der Waals surface area contributed by atoms with Crippen molar-refractivity contribution in [2.24, 2.45) is 5.92 Å². The second-order valence-electron chi connectivity index (χ2n) is 5.70. The first kappa shape index (κ1) is 14.9. The van der Waals surface area contributed by atoms with E-state index in [9.17, 15) is 9.90 Å². The lowest BCUT2D eigenvalue weighted by atomic mass is 10.1. The Labute approximate surface area is 120 Å². The van der Waals surface area contributed by atoms with E-state index in [1.165, 1.54) is 12.8 Å². The van der Waals surface area contributed by atoms with Gasteiger partial charge in [-0.15, -0.1) is 0 Å². The summed E-state index contributed by atoms with van der Waals surface area (Å²) in [5, 5.41) is 15.3. The van der Waals surface area contributed by atoms with Crippen molar-refractivity contribution in [3.05, 3.63) is 35.9 Å². The monoisotopic (exact) mass is 276 g/mol. The first-order valence-electron chi connectivity index (χ1n) is 7.41. The molecule has 1 aromatic carbocycles. The predicted octanol–water partition coefficient (Wildman–Crippen LogP) is 2.08. The van der Waals surface area contributed by atoms with Crippen LogP contribution in [0.25, 0.3) is 0 Å². The summed E-state index contributed by atoms with van der Waals surface area (Å²) in [6.45, 7) is 2.12. The van der Waals surface area contributed by atoms with Gasteiger partial charge in [-0.2, -0.15) is 0 Å². The molecule has 1 aliphatic rings. The number of carbonyl (C=O) groups excluding carboxylic acids is 1. The largest absolute Gasteiger partial charge is 0.394 e. The Balaban J connectivity index is 1.81. The van der Waals surface area contributed by atoms with Crippen LogP contribution < -0.4 is 10.6 Å². The van der Waals surface area contributed by atoms with Gasteiger partial charge in [-0.25, -0.2) is 4.79 Å². The molecule has 0 saturated heterocycles. The van der Waals surface area contributed by atoms with Gasteiger partial charge in [0.25, 0.3) is 0 Å². The van der Waals surface area contributed by atoms with E-state index in [2.05, 4.69) is 17.6 Å². The van der Waals surface area contributed by atoms with E-state index in [4.69, 9.17) is 0 Å². The van der Waals surface area contributed by atoms with Crippen LogP contribution in [-0.2, 0) is 6.42 Å². The van der Waals surface area contributed by atoms with Gasteiger partial charge >= 0.3 is 6.03 Å². The van der Waals surface area contributed by atoms with Crippen molar-refractivity contribution in [1.29, 1.82) is 0 Å². The van der Waals surface area contributed by atoms with Gasteiger partial charge in [0.2, 0.25) is 0 Å². The summed E-state index contributed by atoms with van der Waals surface area (Å²) in [5.41, 5.74) is 1.11. The van der Waals surface area contributed by atoms with Crippen molar-refractivity contribution in [1.82, 2.24) is 10.6 Å². The number of aliphatic hydroxyl groups excluding tert-OH is 1. The van der Waals surface area contributed by atoms with Crippen LogP contribution >= 0.6 is 0 Å². The molecular weight excluding hydrogens is 252 g/mol. The van der Waals surface area contributed by atoms with E-state index in [1.54, 1.807) is 0 Å². The van der Waals surface area contributed by atoms with Gasteiger partial charge in [0.1, 0.15) is 0 Å². The lowest BCUT2D eigenvalue weighted by molar-refractivity contribution is 0.211. The smallest absolute Gasteiger partial charge is 0.315 e. The number of nitrogens with one attached hydrogen (secondary N) is 2. The third kappa shape index (κ3) is 4.23. The first-order chi connectivity index (χ1) is 9.69. The van der Waals surface area contributed by atoms with E-state index in [0.29, 0.717) is 12.3 Å². The number of benzene rings is 1. The van der Waals surface area contributed by atoms with Crippen LogP contribution in [0.5, 0.6) is 0 Å². The number of rotatable bonds is 5. The Morgan fingerprint density at radius 1 is 1.35 bits per heavy atom.